The molecule has 0 aliphatic carbocycles. The van der Waals surface area contributed by atoms with Crippen LogP contribution in [0.15, 0.2) is 48.5 Å². The first-order valence-electron chi connectivity index (χ1n) is 10.7. The van der Waals surface area contributed by atoms with E-state index in [-0.39, 0.29) is 11.3 Å². The molecule has 2 unspecified atom stereocenters. The van der Waals surface area contributed by atoms with Crippen LogP contribution in [0.3, 0.4) is 0 Å². The molecule has 0 aromatic heterocycles. The van der Waals surface area contributed by atoms with Gasteiger partial charge in [-0.2, -0.15) is 5.26 Å². The van der Waals surface area contributed by atoms with Crippen LogP contribution in [0, 0.1) is 11.3 Å². The van der Waals surface area contributed by atoms with E-state index in [0.29, 0.717) is 24.7 Å². The number of amides is 1. The van der Waals surface area contributed by atoms with Crippen LogP contribution in [0.4, 0.5) is 5.69 Å². The Morgan fingerprint density at radius 2 is 1.97 bits per heavy atom. The summed E-state index contributed by atoms with van der Waals surface area (Å²) in [5.41, 5.74) is 3.48. The highest BCUT2D eigenvalue weighted by atomic mass is 16.4. The summed E-state index contributed by atoms with van der Waals surface area (Å²) >= 11 is 0. The number of ether oxygens (including phenoxy) is 1. The SMILES string of the molecule is CC1CN(CC(=O)N2CC(C)(c3ccccc3)c3ccc(C#N)cc32)CCN1.COC. The predicted octanol–water partition coefficient (Wildman–Crippen LogP) is 2.77. The lowest BCUT2D eigenvalue weighted by Crippen LogP contribution is -2.52. The van der Waals surface area contributed by atoms with Crippen molar-refractivity contribution in [3.63, 3.8) is 0 Å². The van der Waals surface area contributed by atoms with Crippen LogP contribution in [0.25, 0.3) is 0 Å². The lowest BCUT2D eigenvalue weighted by atomic mass is 9.78. The summed E-state index contributed by atoms with van der Waals surface area (Å²) in [5, 5.41) is 12.8. The number of nitrogens with zero attached hydrogens (tertiary/aromatic N) is 3. The van der Waals surface area contributed by atoms with E-state index in [1.165, 1.54) is 5.56 Å². The van der Waals surface area contributed by atoms with Gasteiger partial charge >= 0.3 is 0 Å². The maximum atomic E-state index is 13.3. The van der Waals surface area contributed by atoms with Gasteiger partial charge in [-0.05, 0) is 37.1 Å². The summed E-state index contributed by atoms with van der Waals surface area (Å²) in [5.74, 6) is 0.102. The lowest BCUT2D eigenvalue weighted by Gasteiger charge is -2.33. The van der Waals surface area contributed by atoms with Crippen molar-refractivity contribution in [2.75, 3.05) is 51.8 Å². The minimum Gasteiger partial charge on any atom is -0.388 e. The Morgan fingerprint density at radius 3 is 2.61 bits per heavy atom. The smallest absolute Gasteiger partial charge is 0.241 e. The number of hydrogen-bond acceptors (Lipinski definition) is 5. The Labute approximate surface area is 185 Å². The van der Waals surface area contributed by atoms with Crippen LogP contribution in [0.2, 0.25) is 0 Å². The van der Waals surface area contributed by atoms with E-state index < -0.39 is 0 Å². The molecule has 6 heteroatoms. The first-order chi connectivity index (χ1) is 14.9. The number of piperazine rings is 1. The average molecular weight is 421 g/mol. The molecule has 2 aliphatic heterocycles. The normalized spacial score (nSPS) is 22.8. The molecule has 1 amide bonds. The molecule has 0 spiro atoms. The number of hydrogen-bond donors (Lipinski definition) is 1. The molecule has 2 atom stereocenters. The second-order valence-electron chi connectivity index (χ2n) is 8.52. The molecule has 1 fully saturated rings. The maximum absolute atomic E-state index is 13.3. The first kappa shape index (κ1) is 23.0. The van der Waals surface area contributed by atoms with E-state index in [0.717, 1.165) is 30.9 Å². The molecular weight excluding hydrogens is 388 g/mol. The summed E-state index contributed by atoms with van der Waals surface area (Å²) in [4.78, 5) is 17.4. The van der Waals surface area contributed by atoms with Crippen LogP contribution >= 0.6 is 0 Å². The molecule has 2 heterocycles. The van der Waals surface area contributed by atoms with E-state index in [2.05, 4.69) is 47.0 Å². The molecule has 0 radical (unpaired) electrons. The quantitative estimate of drug-likeness (QED) is 0.827. The Bertz CT molecular complexity index is 940. The summed E-state index contributed by atoms with van der Waals surface area (Å²) < 4.78 is 4.25. The Morgan fingerprint density at radius 1 is 1.26 bits per heavy atom. The number of anilines is 1. The Hall–Kier alpha value is -2.72. The van der Waals surface area contributed by atoms with Gasteiger partial charge < -0.3 is 15.0 Å². The van der Waals surface area contributed by atoms with Crippen LogP contribution < -0.4 is 10.2 Å². The molecule has 2 aromatic carbocycles. The van der Waals surface area contributed by atoms with E-state index in [4.69, 9.17) is 0 Å². The number of rotatable bonds is 3. The third kappa shape index (κ3) is 4.96. The first-order valence-corrected chi connectivity index (χ1v) is 10.7. The zero-order chi connectivity index (χ0) is 22.4. The molecule has 2 aliphatic rings. The monoisotopic (exact) mass is 420 g/mol. The van der Waals surface area contributed by atoms with Gasteiger partial charge in [0.05, 0.1) is 18.2 Å². The fourth-order valence-corrected chi connectivity index (χ4v) is 4.49. The van der Waals surface area contributed by atoms with E-state index in [9.17, 15) is 10.1 Å². The van der Waals surface area contributed by atoms with Crippen molar-refractivity contribution in [1.29, 1.82) is 5.26 Å². The fraction of sp³-hybridized carbons (Fsp3) is 0.440. The van der Waals surface area contributed by atoms with Gasteiger partial charge in [0.1, 0.15) is 0 Å². The largest absolute Gasteiger partial charge is 0.388 e. The second kappa shape index (κ2) is 10.1. The summed E-state index contributed by atoms with van der Waals surface area (Å²) in [6, 6.07) is 18.7. The standard InChI is InChI=1S/C23H26N4O.C2H6O/c1-17-14-26(11-10-25-17)15-22(28)27-16-23(2,19-6-4-3-5-7-19)20-9-8-18(13-24)12-21(20)27;1-3-2/h3-9,12,17,25H,10-11,14-16H2,1-2H3;1-2H3. The molecule has 164 valence electrons. The number of nitrogens with one attached hydrogen (secondary N) is 1. The molecule has 0 bridgehead atoms. The fourth-order valence-electron chi connectivity index (χ4n) is 4.49. The van der Waals surface area contributed by atoms with Crippen molar-refractivity contribution < 1.29 is 9.53 Å². The highest BCUT2D eigenvalue weighted by Gasteiger charge is 2.42. The number of benzene rings is 2. The van der Waals surface area contributed by atoms with Crippen molar-refractivity contribution >= 4 is 11.6 Å². The minimum atomic E-state index is -0.281. The van der Waals surface area contributed by atoms with Crippen molar-refractivity contribution in [3.05, 3.63) is 65.2 Å². The highest BCUT2D eigenvalue weighted by Crippen LogP contribution is 2.45. The second-order valence-corrected chi connectivity index (χ2v) is 8.52. The molecule has 1 N–H and O–H groups in total. The van der Waals surface area contributed by atoms with Crippen LogP contribution in [-0.2, 0) is 14.9 Å². The third-order valence-corrected chi connectivity index (χ3v) is 6.01. The Balaban J connectivity index is 0.000000858. The molecule has 0 saturated carbocycles. The van der Waals surface area contributed by atoms with E-state index in [1.54, 1.807) is 14.2 Å². The van der Waals surface area contributed by atoms with E-state index >= 15 is 0 Å². The molecule has 4 rings (SSSR count). The van der Waals surface area contributed by atoms with Gasteiger partial charge in [0.25, 0.3) is 0 Å². The number of carbonyl (C=O) groups excluding carboxylic acids is 1. The average Bonchev–Trinajstić information content (AvgIpc) is 3.08. The van der Waals surface area contributed by atoms with E-state index in [1.807, 2.05) is 41.3 Å². The Kier molecular flexibility index (Phi) is 7.45. The van der Waals surface area contributed by atoms with Crippen molar-refractivity contribution in [2.45, 2.75) is 25.3 Å². The van der Waals surface area contributed by atoms with Crippen molar-refractivity contribution in [1.82, 2.24) is 10.2 Å². The lowest BCUT2D eigenvalue weighted by molar-refractivity contribution is -0.120. The van der Waals surface area contributed by atoms with Gasteiger partial charge in [-0.3, -0.25) is 9.69 Å². The van der Waals surface area contributed by atoms with Crippen molar-refractivity contribution in [3.8, 4) is 6.07 Å². The molecule has 2 aromatic rings. The molecule has 1 saturated heterocycles. The van der Waals surface area contributed by atoms with Gasteiger partial charge in [0.2, 0.25) is 5.91 Å². The third-order valence-electron chi connectivity index (χ3n) is 6.01. The zero-order valence-electron chi connectivity index (χ0n) is 18.9. The zero-order valence-corrected chi connectivity index (χ0v) is 18.9. The number of fused-ring (bicyclic) bond motifs is 1. The number of methoxy groups -OCH3 is 1. The number of carbonyl (C=O) groups is 1. The topological polar surface area (TPSA) is 68.6 Å². The molecular formula is C25H32N4O2. The van der Waals surface area contributed by atoms with Gasteiger partial charge in [-0.1, -0.05) is 36.4 Å². The number of nitriles is 1. The van der Waals surface area contributed by atoms with Gasteiger partial charge in [-0.15, -0.1) is 0 Å². The summed E-state index contributed by atoms with van der Waals surface area (Å²) in [7, 11) is 3.25. The summed E-state index contributed by atoms with van der Waals surface area (Å²) in [6.45, 7) is 8.01. The van der Waals surface area contributed by atoms with Crippen LogP contribution in [-0.4, -0.2) is 63.8 Å². The van der Waals surface area contributed by atoms with Crippen LogP contribution in [0.5, 0.6) is 0 Å². The molecule has 6 nitrogen and oxygen atoms in total. The minimum absolute atomic E-state index is 0.102. The van der Waals surface area contributed by atoms with Gasteiger partial charge in [-0.25, -0.2) is 0 Å². The van der Waals surface area contributed by atoms with Gasteiger partial charge in [0, 0.05) is 57.5 Å². The van der Waals surface area contributed by atoms with Gasteiger partial charge in [0.15, 0.2) is 0 Å². The van der Waals surface area contributed by atoms with Crippen LogP contribution in [0.1, 0.15) is 30.5 Å². The highest BCUT2D eigenvalue weighted by molar-refractivity contribution is 5.98. The summed E-state index contributed by atoms with van der Waals surface area (Å²) in [6.07, 6.45) is 0. The van der Waals surface area contributed by atoms with Crippen molar-refractivity contribution in [2.24, 2.45) is 0 Å². The predicted molar refractivity (Wildman–Crippen MR) is 123 cm³/mol. The maximum Gasteiger partial charge on any atom is 0.241 e. The molecule has 31 heavy (non-hydrogen) atoms.